The van der Waals surface area contributed by atoms with Gasteiger partial charge in [0.25, 0.3) is 5.03 Å². The molecule has 1 fully saturated rings. The fourth-order valence-electron chi connectivity index (χ4n) is 2.57. The van der Waals surface area contributed by atoms with Gasteiger partial charge in [0.2, 0.25) is 5.91 Å². The Balaban J connectivity index is 1.90. The average molecular weight is 294 g/mol. The van der Waals surface area contributed by atoms with E-state index in [9.17, 15) is 10.0 Å². The van der Waals surface area contributed by atoms with Gasteiger partial charge >= 0.3 is 0 Å². The monoisotopic (exact) mass is 294 g/mol. The standard InChI is InChI=1S/C15H22N2O2S/c1-11-7-3-4-8-13(11)16-15(18)12(2)20-14-9-5-6-10-17(14)19/h5-6,9-13H,3-4,7-8H2,1-2H3,(H,16,18)/t11-,12-,13-/m0/s1. The average Bonchev–Trinajstić information content (AvgIpc) is 2.43. The summed E-state index contributed by atoms with van der Waals surface area (Å²) in [5, 5.41) is 15.0. The molecule has 5 heteroatoms. The van der Waals surface area contributed by atoms with Crippen molar-refractivity contribution in [3.8, 4) is 0 Å². The molecule has 0 spiro atoms. The highest BCUT2D eigenvalue weighted by molar-refractivity contribution is 8.00. The van der Waals surface area contributed by atoms with Crippen LogP contribution in [0.3, 0.4) is 0 Å². The van der Waals surface area contributed by atoms with E-state index in [0.29, 0.717) is 10.9 Å². The maximum atomic E-state index is 12.2. The highest BCUT2D eigenvalue weighted by atomic mass is 32.2. The van der Waals surface area contributed by atoms with Gasteiger partial charge in [-0.25, -0.2) is 0 Å². The van der Waals surface area contributed by atoms with Crippen LogP contribution in [0.2, 0.25) is 0 Å². The number of amides is 1. The van der Waals surface area contributed by atoms with Crippen molar-refractivity contribution in [2.24, 2.45) is 5.92 Å². The van der Waals surface area contributed by atoms with Crippen LogP contribution < -0.4 is 10.0 Å². The number of hydrogen-bond donors (Lipinski definition) is 1. The summed E-state index contributed by atoms with van der Waals surface area (Å²) in [5.74, 6) is 0.573. The Morgan fingerprint density at radius 2 is 2.20 bits per heavy atom. The fourth-order valence-corrected chi connectivity index (χ4v) is 3.43. The SMILES string of the molecule is C[C@H](Sc1cccc[n+]1[O-])C(=O)N[C@H]1CCCC[C@@H]1C. The van der Waals surface area contributed by atoms with Crippen LogP contribution in [0.25, 0.3) is 0 Å². The fraction of sp³-hybridized carbons (Fsp3) is 0.600. The number of thioether (sulfide) groups is 1. The molecule has 0 bridgehead atoms. The second kappa shape index (κ2) is 6.97. The van der Waals surface area contributed by atoms with Gasteiger partial charge in [-0.3, -0.25) is 4.79 Å². The van der Waals surface area contributed by atoms with Gasteiger partial charge in [-0.05, 0) is 43.5 Å². The predicted molar refractivity (Wildman–Crippen MR) is 80.3 cm³/mol. The zero-order valence-electron chi connectivity index (χ0n) is 12.0. The van der Waals surface area contributed by atoms with Crippen LogP contribution in [0.4, 0.5) is 0 Å². The molecule has 0 aromatic carbocycles. The first-order valence-electron chi connectivity index (χ1n) is 7.23. The van der Waals surface area contributed by atoms with E-state index in [4.69, 9.17) is 0 Å². The molecule has 0 radical (unpaired) electrons. The maximum Gasteiger partial charge on any atom is 0.252 e. The lowest BCUT2D eigenvalue weighted by Crippen LogP contribution is -2.44. The molecule has 1 aliphatic rings. The van der Waals surface area contributed by atoms with E-state index < -0.39 is 0 Å². The van der Waals surface area contributed by atoms with Crippen molar-refractivity contribution in [2.75, 3.05) is 0 Å². The molecule has 4 nitrogen and oxygen atoms in total. The number of aromatic nitrogens is 1. The minimum absolute atomic E-state index is 0.0256. The lowest BCUT2D eigenvalue weighted by Gasteiger charge is -2.30. The van der Waals surface area contributed by atoms with Gasteiger partial charge in [-0.2, -0.15) is 4.73 Å². The number of carbonyl (C=O) groups is 1. The molecule has 1 saturated carbocycles. The zero-order valence-corrected chi connectivity index (χ0v) is 12.9. The van der Waals surface area contributed by atoms with Crippen molar-refractivity contribution in [1.29, 1.82) is 0 Å². The third kappa shape index (κ3) is 3.88. The molecule has 110 valence electrons. The normalized spacial score (nSPS) is 24.1. The van der Waals surface area contributed by atoms with E-state index in [2.05, 4.69) is 12.2 Å². The molecule has 1 aliphatic carbocycles. The lowest BCUT2D eigenvalue weighted by atomic mass is 9.86. The largest absolute Gasteiger partial charge is 0.618 e. The second-order valence-corrected chi connectivity index (χ2v) is 6.86. The molecule has 1 aromatic heterocycles. The van der Waals surface area contributed by atoms with Gasteiger partial charge in [0.1, 0.15) is 0 Å². The van der Waals surface area contributed by atoms with E-state index in [1.807, 2.05) is 13.0 Å². The molecule has 3 atom stereocenters. The molecular weight excluding hydrogens is 272 g/mol. The van der Waals surface area contributed by atoms with E-state index >= 15 is 0 Å². The number of hydrogen-bond acceptors (Lipinski definition) is 3. The second-order valence-electron chi connectivity index (χ2n) is 5.50. The number of nitrogens with one attached hydrogen (secondary N) is 1. The molecule has 1 aromatic rings. The van der Waals surface area contributed by atoms with Crippen molar-refractivity contribution >= 4 is 17.7 Å². The molecule has 0 unspecified atom stereocenters. The minimum Gasteiger partial charge on any atom is -0.618 e. The summed E-state index contributed by atoms with van der Waals surface area (Å²) in [6, 6.07) is 5.52. The minimum atomic E-state index is -0.258. The van der Waals surface area contributed by atoms with Gasteiger partial charge in [-0.15, -0.1) is 0 Å². The summed E-state index contributed by atoms with van der Waals surface area (Å²) < 4.78 is 0.803. The zero-order chi connectivity index (χ0) is 14.5. The highest BCUT2D eigenvalue weighted by Crippen LogP contribution is 2.25. The summed E-state index contributed by atoms with van der Waals surface area (Å²) in [7, 11) is 0. The third-order valence-corrected chi connectivity index (χ3v) is 5.02. The van der Waals surface area contributed by atoms with E-state index in [-0.39, 0.29) is 17.2 Å². The van der Waals surface area contributed by atoms with Crippen LogP contribution in [-0.4, -0.2) is 17.2 Å². The Labute approximate surface area is 124 Å². The van der Waals surface area contributed by atoms with Crippen LogP contribution in [-0.2, 0) is 4.79 Å². The van der Waals surface area contributed by atoms with Crippen LogP contribution in [0, 0.1) is 11.1 Å². The first-order chi connectivity index (χ1) is 9.58. The van der Waals surface area contributed by atoms with Gasteiger partial charge in [-0.1, -0.05) is 19.8 Å². The predicted octanol–water partition coefficient (Wildman–Crippen LogP) is 2.50. The summed E-state index contributed by atoms with van der Waals surface area (Å²) in [4.78, 5) is 12.2. The highest BCUT2D eigenvalue weighted by Gasteiger charge is 2.26. The summed E-state index contributed by atoms with van der Waals surface area (Å²) in [6.07, 6.45) is 6.16. The van der Waals surface area contributed by atoms with Crippen molar-refractivity contribution in [2.45, 2.75) is 55.8 Å². The Kier molecular flexibility index (Phi) is 5.29. The summed E-state index contributed by atoms with van der Waals surface area (Å²) in [6.45, 7) is 4.05. The Morgan fingerprint density at radius 1 is 1.45 bits per heavy atom. The van der Waals surface area contributed by atoms with Crippen LogP contribution in [0.5, 0.6) is 0 Å². The van der Waals surface area contributed by atoms with Crippen LogP contribution in [0.1, 0.15) is 39.5 Å². The smallest absolute Gasteiger partial charge is 0.252 e. The molecule has 1 heterocycles. The molecule has 0 aliphatic heterocycles. The van der Waals surface area contributed by atoms with E-state index in [1.165, 1.54) is 37.2 Å². The van der Waals surface area contributed by atoms with Crippen molar-refractivity contribution in [3.63, 3.8) is 0 Å². The third-order valence-electron chi connectivity index (χ3n) is 3.89. The maximum absolute atomic E-state index is 12.2. The van der Waals surface area contributed by atoms with Gasteiger partial charge in [0.15, 0.2) is 6.20 Å². The molecular formula is C15H22N2O2S. The quantitative estimate of drug-likeness (QED) is 0.527. The lowest BCUT2D eigenvalue weighted by molar-refractivity contribution is -0.645. The number of pyridine rings is 1. The first kappa shape index (κ1) is 15.2. The number of carbonyl (C=O) groups excluding carboxylic acids is 1. The van der Waals surface area contributed by atoms with Crippen molar-refractivity contribution in [1.82, 2.24) is 5.32 Å². The van der Waals surface area contributed by atoms with Gasteiger partial charge < -0.3 is 10.5 Å². The number of rotatable bonds is 4. The van der Waals surface area contributed by atoms with Gasteiger partial charge in [0.05, 0.1) is 5.25 Å². The topological polar surface area (TPSA) is 56.0 Å². The Bertz CT molecular complexity index is 467. The summed E-state index contributed by atoms with van der Waals surface area (Å²) in [5.41, 5.74) is 0. The molecule has 2 rings (SSSR count). The summed E-state index contributed by atoms with van der Waals surface area (Å²) >= 11 is 1.31. The molecule has 1 amide bonds. The number of nitrogens with zero attached hydrogens (tertiary/aromatic N) is 1. The van der Waals surface area contributed by atoms with Crippen molar-refractivity contribution < 1.29 is 9.52 Å². The first-order valence-corrected chi connectivity index (χ1v) is 8.11. The van der Waals surface area contributed by atoms with Crippen LogP contribution in [0.15, 0.2) is 29.4 Å². The Morgan fingerprint density at radius 3 is 2.90 bits per heavy atom. The van der Waals surface area contributed by atoms with E-state index in [0.717, 1.165) is 11.2 Å². The van der Waals surface area contributed by atoms with Crippen LogP contribution >= 0.6 is 11.8 Å². The molecule has 1 N–H and O–H groups in total. The van der Waals surface area contributed by atoms with Crippen molar-refractivity contribution in [3.05, 3.63) is 29.6 Å². The Hall–Kier alpha value is -1.23. The van der Waals surface area contributed by atoms with E-state index in [1.54, 1.807) is 12.1 Å². The van der Waals surface area contributed by atoms with Gasteiger partial charge in [0, 0.05) is 18.2 Å². The molecule has 20 heavy (non-hydrogen) atoms. The molecule has 0 saturated heterocycles.